The molecular weight excluding hydrogens is 290 g/mol. The van der Waals surface area contributed by atoms with Crippen LogP contribution in [0.4, 0.5) is 5.00 Å². The Hall–Kier alpha value is -2.28. The summed E-state index contributed by atoms with van der Waals surface area (Å²) >= 11 is 1.35. The number of hydrogen-bond acceptors (Lipinski definition) is 6. The van der Waals surface area contributed by atoms with Gasteiger partial charge in [-0.25, -0.2) is 9.78 Å². The number of aryl methyl sites for hydroxylation is 1. The van der Waals surface area contributed by atoms with Gasteiger partial charge in [0.1, 0.15) is 10.7 Å². The number of nitrogens with one attached hydrogen (secondary N) is 1. The largest absolute Gasteiger partial charge is 0.465 e. The third kappa shape index (κ3) is 3.08. The number of amides is 1. The first-order valence-electron chi connectivity index (χ1n) is 6.36. The first kappa shape index (κ1) is 15.1. The summed E-state index contributed by atoms with van der Waals surface area (Å²) in [4.78, 5) is 32.8. The highest BCUT2D eigenvalue weighted by atomic mass is 32.1. The number of methoxy groups -OCH3 is 1. The molecule has 0 aromatic carbocycles. The van der Waals surface area contributed by atoms with Crippen LogP contribution in [0.3, 0.4) is 0 Å². The Kier molecular flexibility index (Phi) is 4.64. The van der Waals surface area contributed by atoms with Crippen molar-refractivity contribution in [3.8, 4) is 0 Å². The molecule has 0 saturated heterocycles. The highest BCUT2D eigenvalue weighted by Crippen LogP contribution is 2.34. The lowest BCUT2D eigenvalue weighted by Gasteiger charge is -2.06. The fourth-order valence-corrected chi connectivity index (χ4v) is 3.12. The van der Waals surface area contributed by atoms with Crippen molar-refractivity contribution < 1.29 is 14.3 Å². The summed E-state index contributed by atoms with van der Waals surface area (Å²) in [6, 6.07) is 0. The maximum absolute atomic E-state index is 12.1. The minimum absolute atomic E-state index is 0.192. The van der Waals surface area contributed by atoms with E-state index in [0.29, 0.717) is 17.0 Å². The van der Waals surface area contributed by atoms with Crippen molar-refractivity contribution in [2.45, 2.75) is 20.3 Å². The lowest BCUT2D eigenvalue weighted by Crippen LogP contribution is -2.16. The van der Waals surface area contributed by atoms with Crippen LogP contribution in [0.15, 0.2) is 18.6 Å². The van der Waals surface area contributed by atoms with Crippen molar-refractivity contribution in [2.24, 2.45) is 0 Å². The highest BCUT2D eigenvalue weighted by molar-refractivity contribution is 7.16. The van der Waals surface area contributed by atoms with Crippen molar-refractivity contribution in [1.29, 1.82) is 0 Å². The predicted molar refractivity (Wildman–Crippen MR) is 79.8 cm³/mol. The first-order chi connectivity index (χ1) is 10.1. The van der Waals surface area contributed by atoms with Gasteiger partial charge in [-0.1, -0.05) is 6.92 Å². The number of nitrogens with zero attached hydrogens (tertiary/aromatic N) is 2. The number of ether oxygens (including phenoxy) is 1. The number of carbonyl (C=O) groups is 2. The van der Waals surface area contributed by atoms with E-state index in [9.17, 15) is 9.59 Å². The van der Waals surface area contributed by atoms with Crippen molar-refractivity contribution in [2.75, 3.05) is 12.4 Å². The summed E-state index contributed by atoms with van der Waals surface area (Å²) in [5.74, 6) is -0.859. The van der Waals surface area contributed by atoms with Crippen molar-refractivity contribution in [1.82, 2.24) is 9.97 Å². The normalized spacial score (nSPS) is 10.2. The molecule has 1 N–H and O–H groups in total. The van der Waals surface area contributed by atoms with E-state index in [1.807, 2.05) is 13.8 Å². The minimum Gasteiger partial charge on any atom is -0.465 e. The van der Waals surface area contributed by atoms with Crippen LogP contribution < -0.4 is 5.32 Å². The molecule has 0 atom stereocenters. The summed E-state index contributed by atoms with van der Waals surface area (Å²) in [5.41, 5.74) is 1.50. The predicted octanol–water partition coefficient (Wildman–Crippen LogP) is 2.45. The molecule has 21 heavy (non-hydrogen) atoms. The summed E-state index contributed by atoms with van der Waals surface area (Å²) in [6.07, 6.45) is 4.98. The van der Waals surface area contributed by atoms with Gasteiger partial charge in [0.25, 0.3) is 5.91 Å². The number of aromatic nitrogens is 2. The van der Waals surface area contributed by atoms with Crippen LogP contribution in [-0.4, -0.2) is 29.0 Å². The topological polar surface area (TPSA) is 81.2 Å². The zero-order valence-electron chi connectivity index (χ0n) is 12.0. The highest BCUT2D eigenvalue weighted by Gasteiger charge is 2.23. The number of esters is 1. The summed E-state index contributed by atoms with van der Waals surface area (Å²) in [7, 11) is 1.32. The van der Waals surface area contributed by atoms with Crippen LogP contribution >= 0.6 is 11.3 Å². The van der Waals surface area contributed by atoms with Gasteiger partial charge in [0.15, 0.2) is 0 Å². The van der Waals surface area contributed by atoms with Gasteiger partial charge in [0.05, 0.1) is 18.9 Å². The van der Waals surface area contributed by atoms with Crippen LogP contribution in [0.1, 0.15) is 38.2 Å². The molecule has 0 radical (unpaired) electrons. The molecule has 0 aliphatic carbocycles. The Bertz CT molecular complexity index is 668. The van der Waals surface area contributed by atoms with E-state index in [-0.39, 0.29) is 5.69 Å². The second-order valence-corrected chi connectivity index (χ2v) is 5.46. The first-order valence-corrected chi connectivity index (χ1v) is 7.18. The van der Waals surface area contributed by atoms with Gasteiger partial charge in [-0.05, 0) is 18.9 Å². The molecule has 0 spiro atoms. The molecule has 0 saturated carbocycles. The number of thiophene rings is 1. The lowest BCUT2D eigenvalue weighted by atomic mass is 10.1. The molecule has 2 rings (SSSR count). The third-order valence-electron chi connectivity index (χ3n) is 2.97. The Morgan fingerprint density at radius 2 is 2.14 bits per heavy atom. The lowest BCUT2D eigenvalue weighted by molar-refractivity contribution is 0.0601. The van der Waals surface area contributed by atoms with Crippen LogP contribution in [-0.2, 0) is 11.2 Å². The zero-order valence-corrected chi connectivity index (χ0v) is 12.8. The SMILES string of the molecule is CCc1c(C)sc(NC(=O)c2cnccn2)c1C(=O)OC. The van der Waals surface area contributed by atoms with Crippen LogP contribution in [0, 0.1) is 6.92 Å². The van der Waals surface area contributed by atoms with E-state index in [0.717, 1.165) is 10.4 Å². The monoisotopic (exact) mass is 305 g/mol. The zero-order chi connectivity index (χ0) is 15.4. The van der Waals surface area contributed by atoms with Crippen molar-refractivity contribution >= 4 is 28.2 Å². The van der Waals surface area contributed by atoms with Crippen LogP contribution in [0.5, 0.6) is 0 Å². The van der Waals surface area contributed by atoms with Crippen LogP contribution in [0.2, 0.25) is 0 Å². The van der Waals surface area contributed by atoms with E-state index in [1.54, 1.807) is 0 Å². The van der Waals surface area contributed by atoms with Crippen molar-refractivity contribution in [3.05, 3.63) is 40.3 Å². The van der Waals surface area contributed by atoms with Crippen molar-refractivity contribution in [3.63, 3.8) is 0 Å². The van der Waals surface area contributed by atoms with Gasteiger partial charge in [0, 0.05) is 17.3 Å². The Balaban J connectivity index is 2.36. The fourth-order valence-electron chi connectivity index (χ4n) is 1.99. The standard InChI is InChI=1S/C14H15N3O3S/c1-4-9-8(2)21-13(11(9)14(19)20-3)17-12(18)10-7-15-5-6-16-10/h5-7H,4H2,1-3H3,(H,17,18). The molecule has 0 bridgehead atoms. The van der Waals surface area contributed by atoms with E-state index < -0.39 is 11.9 Å². The molecule has 0 aliphatic heterocycles. The average Bonchev–Trinajstić information content (AvgIpc) is 2.82. The number of carbonyl (C=O) groups excluding carboxylic acids is 2. The van der Waals surface area contributed by atoms with Gasteiger partial charge < -0.3 is 10.1 Å². The van der Waals surface area contributed by atoms with E-state index >= 15 is 0 Å². The van der Waals surface area contributed by atoms with Crippen LogP contribution in [0.25, 0.3) is 0 Å². The molecule has 7 heteroatoms. The molecule has 6 nitrogen and oxygen atoms in total. The Morgan fingerprint density at radius 3 is 2.71 bits per heavy atom. The quantitative estimate of drug-likeness (QED) is 0.877. The van der Waals surface area contributed by atoms with Gasteiger partial charge >= 0.3 is 5.97 Å². The summed E-state index contributed by atoms with van der Waals surface area (Å²) in [5, 5.41) is 3.19. The minimum atomic E-state index is -0.453. The second-order valence-electron chi connectivity index (χ2n) is 4.23. The summed E-state index contributed by atoms with van der Waals surface area (Å²) in [6.45, 7) is 3.86. The molecule has 2 heterocycles. The average molecular weight is 305 g/mol. The number of hydrogen-bond donors (Lipinski definition) is 1. The molecule has 110 valence electrons. The van der Waals surface area contributed by atoms with Gasteiger partial charge in [-0.15, -0.1) is 11.3 Å². The van der Waals surface area contributed by atoms with Gasteiger partial charge in [0.2, 0.25) is 0 Å². The Morgan fingerprint density at radius 1 is 1.38 bits per heavy atom. The van der Waals surface area contributed by atoms with E-state index in [1.165, 1.54) is 37.0 Å². The molecule has 0 unspecified atom stereocenters. The van der Waals surface area contributed by atoms with E-state index in [4.69, 9.17) is 4.74 Å². The van der Waals surface area contributed by atoms with Gasteiger partial charge in [-0.2, -0.15) is 0 Å². The molecule has 2 aromatic rings. The maximum Gasteiger partial charge on any atom is 0.341 e. The molecular formula is C14H15N3O3S. The number of rotatable bonds is 4. The number of anilines is 1. The Labute approximate surface area is 126 Å². The maximum atomic E-state index is 12.1. The second kappa shape index (κ2) is 6.45. The van der Waals surface area contributed by atoms with Gasteiger partial charge in [-0.3, -0.25) is 9.78 Å². The van der Waals surface area contributed by atoms with E-state index in [2.05, 4.69) is 15.3 Å². The molecule has 0 fully saturated rings. The molecule has 0 aliphatic rings. The summed E-state index contributed by atoms with van der Waals surface area (Å²) < 4.78 is 4.81. The smallest absolute Gasteiger partial charge is 0.341 e. The molecule has 1 amide bonds. The fraction of sp³-hybridized carbons (Fsp3) is 0.286. The molecule has 2 aromatic heterocycles. The third-order valence-corrected chi connectivity index (χ3v) is 4.04.